The van der Waals surface area contributed by atoms with E-state index in [0.717, 1.165) is 23.3 Å². The van der Waals surface area contributed by atoms with Gasteiger partial charge in [0.1, 0.15) is 42.5 Å². The Morgan fingerprint density at radius 2 is 1.65 bits per heavy atom. The van der Waals surface area contributed by atoms with Crippen LogP contribution in [0.15, 0.2) is 48.5 Å². The van der Waals surface area contributed by atoms with E-state index in [-0.39, 0.29) is 13.0 Å². The number of methoxy groups -OCH3 is 1. The number of para-hydroxylation sites is 1. The summed E-state index contributed by atoms with van der Waals surface area (Å²) in [6, 6.07) is 15.4. The van der Waals surface area contributed by atoms with E-state index >= 15 is 0 Å². The molecule has 1 saturated heterocycles. The maximum absolute atomic E-state index is 12.6. The molecule has 43 heavy (non-hydrogen) atoms. The third-order valence-electron chi connectivity index (χ3n) is 6.68. The number of rotatable bonds is 15. The molecule has 0 aliphatic carbocycles. The first-order valence-corrected chi connectivity index (χ1v) is 13.8. The minimum atomic E-state index is -1.92. The number of aliphatic hydroxyl groups is 3. The summed E-state index contributed by atoms with van der Waals surface area (Å²) in [6.07, 6.45) is -9.52. The molecular formula is C30H39NO12. The number of aryl methyl sites for hydroxylation is 2. The fourth-order valence-corrected chi connectivity index (χ4v) is 4.46. The number of benzene rings is 2. The molecule has 236 valence electrons. The van der Waals surface area contributed by atoms with Gasteiger partial charge >= 0.3 is 17.9 Å². The van der Waals surface area contributed by atoms with Crippen LogP contribution >= 0.6 is 0 Å². The maximum Gasteiger partial charge on any atom is 0.335 e. The van der Waals surface area contributed by atoms with Crippen LogP contribution in [0.25, 0.3) is 0 Å². The smallest absolute Gasteiger partial charge is 0.335 e. The lowest BCUT2D eigenvalue weighted by atomic mass is 9.99. The Labute approximate surface area is 249 Å². The average molecular weight is 606 g/mol. The molecule has 1 unspecified atom stereocenters. The van der Waals surface area contributed by atoms with Gasteiger partial charge in [-0.15, -0.1) is 0 Å². The van der Waals surface area contributed by atoms with Gasteiger partial charge in [0.25, 0.3) is 0 Å². The second kappa shape index (κ2) is 16.2. The highest BCUT2D eigenvalue weighted by Gasteiger charge is 2.48. The first kappa shape index (κ1) is 33.7. The highest BCUT2D eigenvalue weighted by atomic mass is 16.7. The van der Waals surface area contributed by atoms with Gasteiger partial charge < -0.3 is 49.0 Å². The van der Waals surface area contributed by atoms with Crippen molar-refractivity contribution in [3.63, 3.8) is 0 Å². The molecular weight excluding hydrogens is 566 g/mol. The molecule has 0 bridgehead atoms. The zero-order chi connectivity index (χ0) is 31.5. The first-order chi connectivity index (χ1) is 20.5. The Bertz CT molecular complexity index is 1220. The number of nitrogens with zero attached hydrogens (tertiary/aromatic N) is 1. The second-order valence-corrected chi connectivity index (χ2v) is 10.4. The summed E-state index contributed by atoms with van der Waals surface area (Å²) in [7, 11) is 5.25. The van der Waals surface area contributed by atoms with Crippen molar-refractivity contribution >= 4 is 17.9 Å². The molecule has 13 nitrogen and oxygen atoms in total. The van der Waals surface area contributed by atoms with Crippen molar-refractivity contribution in [3.05, 3.63) is 59.7 Å². The largest absolute Gasteiger partial charge is 0.497 e. The number of carboxylic acids is 1. The predicted molar refractivity (Wildman–Crippen MR) is 150 cm³/mol. The molecule has 3 rings (SSSR count). The Kier molecular flexibility index (Phi) is 12.7. The van der Waals surface area contributed by atoms with Gasteiger partial charge in [0, 0.05) is 6.54 Å². The van der Waals surface area contributed by atoms with Crippen LogP contribution in [-0.4, -0.2) is 114 Å². The fourth-order valence-electron chi connectivity index (χ4n) is 4.46. The SMILES string of the molecule is COc1cccc(CCc2ccccc2OCC(CN(C)C)OC(=O)CCC(=O)O[C@@H]2O[C@H](C(=O)O)[C@@H](O)[C@H](O)[C@H]2O)c1. The summed E-state index contributed by atoms with van der Waals surface area (Å²) < 4.78 is 26.8. The monoisotopic (exact) mass is 605 g/mol. The molecule has 2 aromatic rings. The van der Waals surface area contributed by atoms with E-state index in [9.17, 15) is 29.7 Å². The number of hydrogen-bond acceptors (Lipinski definition) is 12. The molecule has 6 atom stereocenters. The molecule has 13 heteroatoms. The average Bonchev–Trinajstić information content (AvgIpc) is 2.98. The molecule has 1 heterocycles. The lowest BCUT2D eigenvalue weighted by molar-refractivity contribution is -0.286. The van der Waals surface area contributed by atoms with Crippen molar-refractivity contribution in [3.8, 4) is 11.5 Å². The van der Waals surface area contributed by atoms with Crippen LogP contribution in [0.2, 0.25) is 0 Å². The molecule has 0 saturated carbocycles. The number of carboxylic acid groups (broad SMARTS) is 1. The Hall–Kier alpha value is -3.75. The van der Waals surface area contributed by atoms with E-state index in [1.807, 2.05) is 67.5 Å². The van der Waals surface area contributed by atoms with Gasteiger partial charge in [-0.2, -0.15) is 0 Å². The van der Waals surface area contributed by atoms with E-state index in [0.29, 0.717) is 18.7 Å². The third kappa shape index (κ3) is 10.2. The predicted octanol–water partition coefficient (Wildman–Crippen LogP) is 0.548. The number of carbonyl (C=O) groups excluding carboxylic acids is 2. The molecule has 4 N–H and O–H groups in total. The van der Waals surface area contributed by atoms with Crippen molar-refractivity contribution in [2.24, 2.45) is 0 Å². The van der Waals surface area contributed by atoms with Crippen molar-refractivity contribution < 1.29 is 58.5 Å². The van der Waals surface area contributed by atoms with Crippen LogP contribution in [-0.2, 0) is 41.4 Å². The van der Waals surface area contributed by atoms with Crippen molar-refractivity contribution in [2.45, 2.75) is 62.5 Å². The van der Waals surface area contributed by atoms with Gasteiger partial charge in [-0.25, -0.2) is 4.79 Å². The van der Waals surface area contributed by atoms with E-state index in [1.165, 1.54) is 0 Å². The van der Waals surface area contributed by atoms with E-state index in [2.05, 4.69) is 0 Å². The highest BCUT2D eigenvalue weighted by Crippen LogP contribution is 2.24. The van der Waals surface area contributed by atoms with Crippen molar-refractivity contribution in [1.29, 1.82) is 0 Å². The number of carbonyl (C=O) groups is 3. The van der Waals surface area contributed by atoms with Crippen LogP contribution in [0.5, 0.6) is 11.5 Å². The van der Waals surface area contributed by atoms with Gasteiger partial charge in [0.2, 0.25) is 6.29 Å². The summed E-state index contributed by atoms with van der Waals surface area (Å²) in [4.78, 5) is 37.9. The summed E-state index contributed by atoms with van der Waals surface area (Å²) in [5.41, 5.74) is 2.10. The summed E-state index contributed by atoms with van der Waals surface area (Å²) >= 11 is 0. The number of aliphatic hydroxyl groups excluding tert-OH is 3. The Balaban J connectivity index is 1.52. The molecule has 0 amide bonds. The first-order valence-electron chi connectivity index (χ1n) is 13.8. The topological polar surface area (TPSA) is 182 Å². The normalized spacial score (nSPS) is 22.4. The zero-order valence-corrected chi connectivity index (χ0v) is 24.3. The number of aliphatic carboxylic acids is 1. The van der Waals surface area contributed by atoms with Gasteiger partial charge in [-0.05, 0) is 56.3 Å². The van der Waals surface area contributed by atoms with Crippen LogP contribution in [0, 0.1) is 0 Å². The Morgan fingerprint density at radius 1 is 0.930 bits per heavy atom. The lowest BCUT2D eigenvalue weighted by Gasteiger charge is -2.37. The molecule has 0 spiro atoms. The Morgan fingerprint density at radius 3 is 2.35 bits per heavy atom. The quantitative estimate of drug-likeness (QED) is 0.207. The van der Waals surface area contributed by atoms with E-state index in [4.69, 9.17) is 28.8 Å². The van der Waals surface area contributed by atoms with Gasteiger partial charge in [0.15, 0.2) is 6.10 Å². The molecule has 1 aliphatic heterocycles. The van der Waals surface area contributed by atoms with Crippen molar-refractivity contribution in [1.82, 2.24) is 4.90 Å². The molecule has 1 fully saturated rings. The zero-order valence-electron chi connectivity index (χ0n) is 24.3. The molecule has 2 aromatic carbocycles. The van der Waals surface area contributed by atoms with E-state index in [1.54, 1.807) is 7.11 Å². The van der Waals surface area contributed by atoms with Crippen LogP contribution in [0.3, 0.4) is 0 Å². The minimum absolute atomic E-state index is 0.0590. The molecule has 0 aromatic heterocycles. The number of hydrogen-bond donors (Lipinski definition) is 4. The standard InChI is InChI=1S/C30H39NO12/c1-31(2)16-21(17-40-22-10-5-4-8-19(22)12-11-18-7-6-9-20(15-18)39-3)41-23(32)13-14-24(33)42-30-27(36)25(34)26(35)28(43-30)29(37)38/h4-10,15,21,25-28,30,34-36H,11-14,16-17H2,1-3H3,(H,37,38)/t21?,25-,26-,27+,28-,30+/m0/s1. The lowest BCUT2D eigenvalue weighted by Crippen LogP contribution is -2.60. The van der Waals surface area contributed by atoms with Gasteiger partial charge in [0.05, 0.1) is 20.0 Å². The van der Waals surface area contributed by atoms with Gasteiger partial charge in [-0.3, -0.25) is 9.59 Å². The maximum atomic E-state index is 12.6. The van der Waals surface area contributed by atoms with Crippen LogP contribution in [0.1, 0.15) is 24.0 Å². The third-order valence-corrected chi connectivity index (χ3v) is 6.68. The fraction of sp³-hybridized carbons (Fsp3) is 0.500. The second-order valence-electron chi connectivity index (χ2n) is 10.4. The summed E-state index contributed by atoms with van der Waals surface area (Å²) in [6.45, 7) is 0.407. The summed E-state index contributed by atoms with van der Waals surface area (Å²) in [5.74, 6) is -1.88. The molecule has 1 aliphatic rings. The number of ether oxygens (including phenoxy) is 5. The number of esters is 2. The van der Waals surface area contributed by atoms with Crippen LogP contribution in [0.4, 0.5) is 0 Å². The van der Waals surface area contributed by atoms with Gasteiger partial charge in [-0.1, -0.05) is 30.3 Å². The minimum Gasteiger partial charge on any atom is -0.497 e. The van der Waals surface area contributed by atoms with Crippen LogP contribution < -0.4 is 9.47 Å². The highest BCUT2D eigenvalue weighted by molar-refractivity contribution is 5.78. The van der Waals surface area contributed by atoms with Crippen molar-refractivity contribution in [2.75, 3.05) is 34.4 Å². The number of likely N-dealkylation sites (N-methyl/N-ethyl adjacent to an activating group) is 1. The van der Waals surface area contributed by atoms with E-state index < -0.39 is 61.1 Å². The summed E-state index contributed by atoms with van der Waals surface area (Å²) in [5, 5.41) is 38.7. The molecule has 0 radical (unpaired) electrons.